The number of hydrogen-bond acceptors (Lipinski definition) is 2. The van der Waals surface area contributed by atoms with Crippen LogP contribution in [0.2, 0.25) is 5.02 Å². The van der Waals surface area contributed by atoms with Gasteiger partial charge < -0.3 is 0 Å². The van der Waals surface area contributed by atoms with E-state index in [4.69, 9.17) is 11.6 Å². The maximum atomic E-state index is 6.30. The maximum Gasteiger partial charge on any atom is 0.0880 e. The smallest absolute Gasteiger partial charge is 0.0880 e. The summed E-state index contributed by atoms with van der Waals surface area (Å²) in [6, 6.07) is 12.8. The maximum absolute atomic E-state index is 6.30. The molecule has 0 aliphatic heterocycles. The van der Waals surface area contributed by atoms with E-state index in [-0.39, 0.29) is 0 Å². The molecule has 0 aliphatic rings. The molecule has 2 aromatic carbocycles. The Kier molecular flexibility index (Phi) is 3.40. The Hall–Kier alpha value is -1.90. The van der Waals surface area contributed by atoms with Crippen molar-refractivity contribution >= 4 is 43.1 Å². The fourth-order valence-electron chi connectivity index (χ4n) is 3.19. The third-order valence-electron chi connectivity index (χ3n) is 4.23. The van der Waals surface area contributed by atoms with Crippen molar-refractivity contribution in [2.24, 2.45) is 0 Å². The number of pyridine rings is 1. The van der Waals surface area contributed by atoms with E-state index in [9.17, 15) is 0 Å². The first-order chi connectivity index (χ1) is 11.0. The van der Waals surface area contributed by atoms with Gasteiger partial charge in [-0.1, -0.05) is 34.9 Å². The van der Waals surface area contributed by atoms with Crippen molar-refractivity contribution in [3.8, 4) is 11.3 Å². The Balaban J connectivity index is 2.10. The normalized spacial score (nSPS) is 11.5. The average Bonchev–Trinajstić information content (AvgIpc) is 2.89. The number of rotatable bonds is 1. The monoisotopic (exact) mass is 337 g/mol. The number of halogens is 1. The van der Waals surface area contributed by atoms with E-state index in [1.165, 1.54) is 36.9 Å². The third-order valence-corrected chi connectivity index (χ3v) is 5.99. The number of aromatic nitrogens is 1. The summed E-state index contributed by atoms with van der Waals surface area (Å²) in [6.45, 7) is 6.35. The van der Waals surface area contributed by atoms with Crippen LogP contribution in [0.15, 0.2) is 42.6 Å². The lowest BCUT2D eigenvalue weighted by Gasteiger charge is -2.05. The lowest BCUT2D eigenvalue weighted by Crippen LogP contribution is -1.86. The number of aryl methyl sites for hydroxylation is 3. The average molecular weight is 338 g/mol. The molecule has 114 valence electrons. The molecule has 3 heteroatoms. The van der Waals surface area contributed by atoms with Gasteiger partial charge in [0.25, 0.3) is 0 Å². The second kappa shape index (κ2) is 5.33. The van der Waals surface area contributed by atoms with Crippen LogP contribution in [0.1, 0.15) is 16.7 Å². The molecule has 0 saturated carbocycles. The van der Waals surface area contributed by atoms with Gasteiger partial charge in [-0.15, -0.1) is 11.3 Å². The third kappa shape index (κ3) is 2.34. The molecule has 0 aliphatic carbocycles. The van der Waals surface area contributed by atoms with Crippen LogP contribution in [-0.2, 0) is 0 Å². The van der Waals surface area contributed by atoms with Gasteiger partial charge in [0.05, 0.1) is 10.4 Å². The zero-order chi connectivity index (χ0) is 16.1. The summed E-state index contributed by atoms with van der Waals surface area (Å²) in [5, 5.41) is 3.35. The van der Waals surface area contributed by atoms with Crippen molar-refractivity contribution in [2.45, 2.75) is 20.8 Å². The van der Waals surface area contributed by atoms with Gasteiger partial charge in [0, 0.05) is 32.3 Å². The highest BCUT2D eigenvalue weighted by Crippen LogP contribution is 2.41. The Bertz CT molecular complexity index is 1040. The molecule has 2 aromatic heterocycles. The van der Waals surface area contributed by atoms with E-state index in [0.29, 0.717) is 0 Å². The molecule has 4 aromatic rings. The molecule has 1 nitrogen and oxygen atoms in total. The molecule has 4 rings (SSSR count). The van der Waals surface area contributed by atoms with Gasteiger partial charge in [-0.05, 0) is 50.6 Å². The Labute approximate surface area is 144 Å². The second-order valence-corrected chi connectivity index (χ2v) is 7.49. The Morgan fingerprint density at radius 1 is 0.870 bits per heavy atom. The van der Waals surface area contributed by atoms with E-state index in [0.717, 1.165) is 16.3 Å². The SMILES string of the molecule is Cc1cc(C)cc(-c2nccc3c2sc2c(C)c(Cl)ccc23)c1. The van der Waals surface area contributed by atoms with Gasteiger partial charge in [0.15, 0.2) is 0 Å². The summed E-state index contributed by atoms with van der Waals surface area (Å²) < 4.78 is 2.49. The molecular formula is C20H16ClNS. The van der Waals surface area contributed by atoms with Gasteiger partial charge in [-0.25, -0.2) is 0 Å². The predicted molar refractivity (Wildman–Crippen MR) is 102 cm³/mol. The van der Waals surface area contributed by atoms with Crippen molar-refractivity contribution in [1.82, 2.24) is 4.98 Å². The van der Waals surface area contributed by atoms with E-state index in [1.807, 2.05) is 12.3 Å². The highest BCUT2D eigenvalue weighted by atomic mass is 35.5. The van der Waals surface area contributed by atoms with Crippen molar-refractivity contribution in [3.05, 3.63) is 64.3 Å². The molecule has 0 atom stereocenters. The molecule has 0 N–H and O–H groups in total. The summed E-state index contributed by atoms with van der Waals surface area (Å²) in [7, 11) is 0. The molecule has 0 amide bonds. The van der Waals surface area contributed by atoms with Gasteiger partial charge in [0.1, 0.15) is 0 Å². The standard InChI is InChI=1S/C20H16ClNS/c1-11-8-12(2)10-14(9-11)18-20-16(6-7-22-18)15-4-5-17(21)13(3)19(15)23-20/h4-10H,1-3H3. The number of benzene rings is 2. The van der Waals surface area contributed by atoms with Gasteiger partial charge in [-0.3, -0.25) is 4.98 Å². The number of thiophene rings is 1. The summed E-state index contributed by atoms with van der Waals surface area (Å²) >= 11 is 8.09. The largest absolute Gasteiger partial charge is 0.255 e. The van der Waals surface area contributed by atoms with Crippen LogP contribution >= 0.6 is 22.9 Å². The Morgan fingerprint density at radius 2 is 1.57 bits per heavy atom. The molecule has 0 fully saturated rings. The van der Waals surface area contributed by atoms with Gasteiger partial charge in [0.2, 0.25) is 0 Å². The summed E-state index contributed by atoms with van der Waals surface area (Å²) in [6.07, 6.45) is 1.91. The van der Waals surface area contributed by atoms with Crippen molar-refractivity contribution in [3.63, 3.8) is 0 Å². The molecular weight excluding hydrogens is 322 g/mol. The first-order valence-corrected chi connectivity index (χ1v) is 8.79. The zero-order valence-electron chi connectivity index (χ0n) is 13.3. The van der Waals surface area contributed by atoms with Crippen LogP contribution in [0.5, 0.6) is 0 Å². The Morgan fingerprint density at radius 3 is 2.30 bits per heavy atom. The minimum Gasteiger partial charge on any atom is -0.255 e. The predicted octanol–water partition coefficient (Wildman–Crippen LogP) is 6.70. The fourth-order valence-corrected chi connectivity index (χ4v) is 4.72. The van der Waals surface area contributed by atoms with E-state index in [2.05, 4.69) is 56.1 Å². The van der Waals surface area contributed by atoms with Gasteiger partial charge in [-0.2, -0.15) is 0 Å². The molecule has 0 spiro atoms. The fraction of sp³-hybridized carbons (Fsp3) is 0.150. The molecule has 0 unspecified atom stereocenters. The van der Waals surface area contributed by atoms with Crippen LogP contribution in [-0.4, -0.2) is 4.98 Å². The molecule has 2 heterocycles. The molecule has 0 bridgehead atoms. The van der Waals surface area contributed by atoms with Crippen LogP contribution in [0, 0.1) is 20.8 Å². The van der Waals surface area contributed by atoms with Gasteiger partial charge >= 0.3 is 0 Å². The molecule has 23 heavy (non-hydrogen) atoms. The highest BCUT2D eigenvalue weighted by molar-refractivity contribution is 7.26. The zero-order valence-corrected chi connectivity index (χ0v) is 14.8. The van der Waals surface area contributed by atoms with E-state index >= 15 is 0 Å². The lowest BCUT2D eigenvalue weighted by molar-refractivity contribution is 1.33. The minimum absolute atomic E-state index is 0.824. The molecule has 0 radical (unpaired) electrons. The first-order valence-electron chi connectivity index (χ1n) is 7.59. The number of nitrogens with zero attached hydrogens (tertiary/aromatic N) is 1. The van der Waals surface area contributed by atoms with E-state index in [1.54, 1.807) is 11.3 Å². The minimum atomic E-state index is 0.824. The number of hydrogen-bond donors (Lipinski definition) is 0. The quantitative estimate of drug-likeness (QED) is 0.377. The van der Waals surface area contributed by atoms with Crippen LogP contribution < -0.4 is 0 Å². The van der Waals surface area contributed by atoms with Crippen molar-refractivity contribution in [2.75, 3.05) is 0 Å². The topological polar surface area (TPSA) is 12.9 Å². The summed E-state index contributed by atoms with van der Waals surface area (Å²) in [5.41, 5.74) is 5.92. The highest BCUT2D eigenvalue weighted by Gasteiger charge is 2.14. The lowest BCUT2D eigenvalue weighted by atomic mass is 10.0. The van der Waals surface area contributed by atoms with Crippen LogP contribution in [0.4, 0.5) is 0 Å². The van der Waals surface area contributed by atoms with Crippen molar-refractivity contribution in [1.29, 1.82) is 0 Å². The van der Waals surface area contributed by atoms with E-state index < -0.39 is 0 Å². The molecule has 0 saturated heterocycles. The number of fused-ring (bicyclic) bond motifs is 3. The van der Waals surface area contributed by atoms with Crippen LogP contribution in [0.3, 0.4) is 0 Å². The summed E-state index contributed by atoms with van der Waals surface area (Å²) in [5.74, 6) is 0. The first kappa shape index (κ1) is 14.7. The second-order valence-electron chi connectivity index (χ2n) is 6.06. The van der Waals surface area contributed by atoms with Crippen LogP contribution in [0.25, 0.3) is 31.4 Å². The summed E-state index contributed by atoms with van der Waals surface area (Å²) in [4.78, 5) is 4.68. The van der Waals surface area contributed by atoms with Crippen molar-refractivity contribution < 1.29 is 0 Å².